The number of piperidine rings is 1. The highest BCUT2D eigenvalue weighted by atomic mass is 35.5. The molecule has 0 bridgehead atoms. The van der Waals surface area contributed by atoms with E-state index in [0.29, 0.717) is 39.8 Å². The molecule has 3 aliphatic heterocycles. The molecule has 5 heterocycles. The number of likely N-dealkylation sites (tertiary alicyclic amines) is 2. The van der Waals surface area contributed by atoms with Gasteiger partial charge in [0.05, 0.1) is 10.7 Å². The van der Waals surface area contributed by atoms with Gasteiger partial charge in [-0.05, 0) is 73.9 Å². The van der Waals surface area contributed by atoms with Crippen LogP contribution in [0.3, 0.4) is 0 Å². The largest absolute Gasteiger partial charge is 0.339 e. The van der Waals surface area contributed by atoms with Gasteiger partial charge in [-0.25, -0.2) is 9.37 Å². The quantitative estimate of drug-likeness (QED) is 0.266. The van der Waals surface area contributed by atoms with E-state index in [1.807, 2.05) is 35.4 Å². The number of carbonyl (C=O) groups excluding carboxylic acids is 2. The van der Waals surface area contributed by atoms with E-state index in [1.54, 1.807) is 24.3 Å². The predicted molar refractivity (Wildman–Crippen MR) is 171 cm³/mol. The van der Waals surface area contributed by atoms with Gasteiger partial charge in [0.25, 0.3) is 5.91 Å². The van der Waals surface area contributed by atoms with Crippen molar-refractivity contribution < 1.29 is 14.0 Å². The maximum absolute atomic E-state index is 16.2. The SMILES string of the molecule is O=C(c1ccn2c3c(nc2c1)[C@@H]1[C@@H](C3)N(CC2CC2)[C@@]2(C(=O)Nc3cc(Cl)ccc32)[C@H]1c1cccc(Cl)c1F)N1CCCCC1. The van der Waals surface area contributed by atoms with Crippen LogP contribution in [-0.4, -0.2) is 56.7 Å². The van der Waals surface area contributed by atoms with Crippen LogP contribution in [0, 0.1) is 11.7 Å². The number of hydrogen-bond donors (Lipinski definition) is 1. The van der Waals surface area contributed by atoms with E-state index in [1.165, 1.54) is 0 Å². The maximum Gasteiger partial charge on any atom is 0.254 e. The number of rotatable bonds is 4. The fourth-order valence-corrected chi connectivity index (χ4v) is 9.16. The van der Waals surface area contributed by atoms with E-state index in [9.17, 15) is 9.59 Å². The first-order valence-electron chi connectivity index (χ1n) is 16.0. The van der Waals surface area contributed by atoms with Crippen molar-refractivity contribution in [2.45, 2.75) is 61.9 Å². The number of fused-ring (bicyclic) bond motifs is 7. The van der Waals surface area contributed by atoms with E-state index in [4.69, 9.17) is 28.2 Å². The van der Waals surface area contributed by atoms with E-state index >= 15 is 4.39 Å². The molecule has 10 heteroatoms. The van der Waals surface area contributed by atoms with Crippen LogP contribution in [0.4, 0.5) is 10.1 Å². The minimum absolute atomic E-state index is 0.0312. The second kappa shape index (κ2) is 10.0. The Labute approximate surface area is 270 Å². The molecule has 3 fully saturated rings. The molecule has 4 atom stereocenters. The highest BCUT2D eigenvalue weighted by Crippen LogP contribution is 2.65. The summed E-state index contributed by atoms with van der Waals surface area (Å²) in [4.78, 5) is 37.4. The van der Waals surface area contributed by atoms with Crippen LogP contribution in [0.2, 0.25) is 10.0 Å². The first-order valence-corrected chi connectivity index (χ1v) is 16.7. The lowest BCUT2D eigenvalue weighted by atomic mass is 9.71. The molecule has 1 spiro atoms. The molecule has 2 amide bonds. The molecular weight excluding hydrogens is 612 g/mol. The molecule has 2 aromatic carbocycles. The average Bonchev–Trinajstić information content (AvgIpc) is 3.49. The second-order valence-electron chi connectivity index (χ2n) is 13.4. The number of pyridine rings is 1. The molecule has 1 saturated carbocycles. The Balaban J connectivity index is 1.24. The minimum atomic E-state index is -1.16. The predicted octanol–water partition coefficient (Wildman–Crippen LogP) is 6.77. The fraction of sp³-hybridized carbons (Fsp3) is 0.400. The van der Waals surface area contributed by atoms with Crippen LogP contribution < -0.4 is 5.32 Å². The number of benzene rings is 2. The first kappa shape index (κ1) is 27.8. The van der Waals surface area contributed by atoms with Crippen molar-refractivity contribution in [1.82, 2.24) is 19.2 Å². The third-order valence-electron chi connectivity index (χ3n) is 10.9. The topological polar surface area (TPSA) is 70.0 Å². The van der Waals surface area contributed by atoms with Crippen molar-refractivity contribution in [3.63, 3.8) is 0 Å². The molecule has 2 saturated heterocycles. The molecule has 0 unspecified atom stereocenters. The molecule has 5 aliphatic rings. The number of imidazole rings is 1. The molecular formula is C35H32Cl2FN5O2. The lowest BCUT2D eigenvalue weighted by Crippen LogP contribution is -2.53. The van der Waals surface area contributed by atoms with Gasteiger partial charge in [0.1, 0.15) is 17.0 Å². The summed E-state index contributed by atoms with van der Waals surface area (Å²) in [5.74, 6) is -1.03. The van der Waals surface area contributed by atoms with Crippen LogP contribution in [0.25, 0.3) is 5.65 Å². The molecule has 7 nitrogen and oxygen atoms in total. The Bertz CT molecular complexity index is 1920. The zero-order valence-electron chi connectivity index (χ0n) is 24.6. The molecule has 230 valence electrons. The summed E-state index contributed by atoms with van der Waals surface area (Å²) in [7, 11) is 0. The zero-order chi connectivity index (χ0) is 30.6. The number of carbonyl (C=O) groups is 2. The van der Waals surface area contributed by atoms with Gasteiger partial charge in [-0.2, -0.15) is 0 Å². The smallest absolute Gasteiger partial charge is 0.254 e. The third kappa shape index (κ3) is 3.95. The van der Waals surface area contributed by atoms with Crippen LogP contribution in [0.1, 0.15) is 76.8 Å². The van der Waals surface area contributed by atoms with Gasteiger partial charge >= 0.3 is 0 Å². The first-order chi connectivity index (χ1) is 21.9. The summed E-state index contributed by atoms with van der Waals surface area (Å²) in [5, 5.41) is 3.69. The normalized spacial score (nSPS) is 27.2. The molecule has 9 rings (SSSR count). The molecule has 4 aromatic rings. The standard InChI is InChI=1S/C35H32Cl2FN5O2/c36-21-9-10-23-25(16-21)39-34(45)35(23)30(22-5-4-6-24(37)31(22)38)29-26(43(35)18-19-7-8-19)17-27-32(29)40-28-15-20(11-14-42(27)28)33(44)41-12-2-1-3-13-41/h4-6,9-11,14-16,19,26,29-30H,1-3,7-8,12-13,17-18H2,(H,39,45)/t26-,29-,30+,35-/m1/s1. The Hall–Kier alpha value is -3.46. The fourth-order valence-electron chi connectivity index (χ4n) is 8.81. The summed E-state index contributed by atoms with van der Waals surface area (Å²) in [5.41, 5.74) is 3.97. The molecule has 1 N–H and O–H groups in total. The van der Waals surface area contributed by atoms with Crippen LogP contribution in [-0.2, 0) is 16.8 Å². The summed E-state index contributed by atoms with van der Waals surface area (Å²) < 4.78 is 18.3. The van der Waals surface area contributed by atoms with Crippen molar-refractivity contribution >= 4 is 46.4 Å². The van der Waals surface area contributed by atoms with Crippen LogP contribution in [0.15, 0.2) is 54.7 Å². The van der Waals surface area contributed by atoms with E-state index in [0.717, 1.165) is 68.7 Å². The summed E-state index contributed by atoms with van der Waals surface area (Å²) in [6.45, 7) is 2.29. The average molecular weight is 645 g/mol. The maximum atomic E-state index is 16.2. The summed E-state index contributed by atoms with van der Waals surface area (Å²) in [6, 6.07) is 14.3. The number of nitrogens with one attached hydrogen (secondary N) is 1. The highest BCUT2D eigenvalue weighted by molar-refractivity contribution is 6.31. The Morgan fingerprint density at radius 3 is 2.69 bits per heavy atom. The lowest BCUT2D eigenvalue weighted by molar-refractivity contribution is -0.128. The van der Waals surface area contributed by atoms with Crippen molar-refractivity contribution in [3.05, 3.63) is 98.7 Å². The van der Waals surface area contributed by atoms with Gasteiger partial charge in [-0.15, -0.1) is 0 Å². The molecule has 45 heavy (non-hydrogen) atoms. The Kier molecular flexibility index (Phi) is 6.19. The zero-order valence-corrected chi connectivity index (χ0v) is 26.1. The highest BCUT2D eigenvalue weighted by Gasteiger charge is 2.69. The number of nitrogens with zero attached hydrogens (tertiary/aromatic N) is 4. The number of amides is 2. The molecule has 2 aliphatic carbocycles. The van der Waals surface area contributed by atoms with Gasteiger partial charge in [0.15, 0.2) is 0 Å². The monoisotopic (exact) mass is 643 g/mol. The van der Waals surface area contributed by atoms with Crippen molar-refractivity contribution in [2.75, 3.05) is 25.0 Å². The van der Waals surface area contributed by atoms with Crippen molar-refractivity contribution in [1.29, 1.82) is 0 Å². The molecule has 2 aromatic heterocycles. The van der Waals surface area contributed by atoms with Gasteiger partial charge in [-0.3, -0.25) is 14.5 Å². The van der Waals surface area contributed by atoms with Gasteiger partial charge in [-0.1, -0.05) is 41.4 Å². The Morgan fingerprint density at radius 2 is 1.89 bits per heavy atom. The second-order valence-corrected chi connectivity index (χ2v) is 14.2. The summed E-state index contributed by atoms with van der Waals surface area (Å²) in [6.07, 6.45) is 8.03. The van der Waals surface area contributed by atoms with E-state index in [-0.39, 0.29) is 28.8 Å². The number of halogens is 3. The van der Waals surface area contributed by atoms with Gasteiger partial charge in [0, 0.05) is 77.7 Å². The number of anilines is 1. The van der Waals surface area contributed by atoms with Crippen molar-refractivity contribution in [3.8, 4) is 0 Å². The number of hydrogen-bond acceptors (Lipinski definition) is 4. The van der Waals surface area contributed by atoms with E-state index < -0.39 is 17.3 Å². The van der Waals surface area contributed by atoms with Crippen molar-refractivity contribution in [2.24, 2.45) is 5.92 Å². The van der Waals surface area contributed by atoms with E-state index in [2.05, 4.69) is 14.6 Å². The third-order valence-corrected chi connectivity index (χ3v) is 11.4. The van der Waals surface area contributed by atoms with Gasteiger partial charge < -0.3 is 14.6 Å². The number of aromatic nitrogens is 2. The van der Waals surface area contributed by atoms with Gasteiger partial charge in [0.2, 0.25) is 5.91 Å². The summed E-state index contributed by atoms with van der Waals surface area (Å²) >= 11 is 12.8. The van der Waals surface area contributed by atoms with Crippen LogP contribution in [0.5, 0.6) is 0 Å². The van der Waals surface area contributed by atoms with Crippen LogP contribution >= 0.6 is 23.2 Å². The lowest BCUT2D eigenvalue weighted by Gasteiger charge is -2.40. The Morgan fingerprint density at radius 1 is 1.07 bits per heavy atom. The minimum Gasteiger partial charge on any atom is -0.339 e. The molecule has 0 radical (unpaired) electrons.